The van der Waals surface area contributed by atoms with Gasteiger partial charge in [0.1, 0.15) is 17.5 Å². The summed E-state index contributed by atoms with van der Waals surface area (Å²) in [5.41, 5.74) is 2.69. The number of carbonyl (C=O) groups is 1. The molecule has 7 nitrogen and oxygen atoms in total. The Labute approximate surface area is 165 Å². The molecule has 150 valence electrons. The zero-order valence-corrected chi connectivity index (χ0v) is 17.0. The summed E-state index contributed by atoms with van der Waals surface area (Å²) in [6, 6.07) is 12.1. The molecule has 0 spiro atoms. The Morgan fingerprint density at radius 3 is 2.50 bits per heavy atom. The molecule has 0 aliphatic carbocycles. The van der Waals surface area contributed by atoms with E-state index in [-0.39, 0.29) is 19.0 Å². The molecule has 1 amide bonds. The third-order valence-electron chi connectivity index (χ3n) is 4.88. The fourth-order valence-corrected chi connectivity index (χ4v) is 4.38. The van der Waals surface area contributed by atoms with Crippen molar-refractivity contribution in [2.75, 3.05) is 20.5 Å². The zero-order chi connectivity index (χ0) is 20.3. The predicted molar refractivity (Wildman–Crippen MR) is 106 cm³/mol. The minimum atomic E-state index is -3.54. The summed E-state index contributed by atoms with van der Waals surface area (Å²) in [6.07, 6.45) is 1.47. The first-order valence-electron chi connectivity index (χ1n) is 8.85. The Morgan fingerprint density at radius 2 is 1.86 bits per heavy atom. The number of carbonyl (C=O) groups excluding carboxylic acids is 1. The number of fused-ring (bicyclic) bond motifs is 1. The number of ether oxygens (including phenoxy) is 2. The Balaban J connectivity index is 1.79. The average molecular weight is 404 g/mol. The van der Waals surface area contributed by atoms with Crippen LogP contribution >= 0.6 is 0 Å². The highest BCUT2D eigenvalue weighted by Gasteiger charge is 2.36. The maximum atomic E-state index is 12.9. The van der Waals surface area contributed by atoms with Crippen LogP contribution in [0, 0.1) is 0 Å². The van der Waals surface area contributed by atoms with Crippen molar-refractivity contribution in [2.45, 2.75) is 25.6 Å². The van der Waals surface area contributed by atoms with E-state index in [0.29, 0.717) is 17.9 Å². The van der Waals surface area contributed by atoms with Crippen LogP contribution in [0.4, 0.5) is 0 Å². The van der Waals surface area contributed by atoms with Gasteiger partial charge in [0.25, 0.3) is 0 Å². The molecule has 1 heterocycles. The summed E-state index contributed by atoms with van der Waals surface area (Å²) in [4.78, 5) is 12.9. The molecule has 8 heteroatoms. The third-order valence-corrected chi connectivity index (χ3v) is 6.12. The molecule has 1 aliphatic heterocycles. The normalized spacial score (nSPS) is 16.9. The lowest BCUT2D eigenvalue weighted by molar-refractivity contribution is -0.125. The second-order valence-electron chi connectivity index (χ2n) is 6.69. The molecule has 0 radical (unpaired) electrons. The van der Waals surface area contributed by atoms with Crippen LogP contribution in [0.2, 0.25) is 0 Å². The summed E-state index contributed by atoms with van der Waals surface area (Å²) >= 11 is 0. The van der Waals surface area contributed by atoms with Gasteiger partial charge in [0.2, 0.25) is 15.9 Å². The first-order valence-corrected chi connectivity index (χ1v) is 10.7. The number of amides is 1. The van der Waals surface area contributed by atoms with Gasteiger partial charge in [0.15, 0.2) is 0 Å². The molecule has 1 N–H and O–H groups in total. The maximum Gasteiger partial charge on any atom is 0.239 e. The van der Waals surface area contributed by atoms with E-state index in [0.717, 1.165) is 22.9 Å². The van der Waals surface area contributed by atoms with E-state index in [9.17, 15) is 13.2 Å². The number of hydrogen-bond donors (Lipinski definition) is 1. The fourth-order valence-electron chi connectivity index (χ4n) is 3.37. The van der Waals surface area contributed by atoms with E-state index in [1.54, 1.807) is 26.4 Å². The number of nitrogens with zero attached hydrogens (tertiary/aromatic N) is 1. The van der Waals surface area contributed by atoms with Crippen molar-refractivity contribution < 1.29 is 22.7 Å². The van der Waals surface area contributed by atoms with Gasteiger partial charge in [0.05, 0.1) is 20.5 Å². The molecule has 2 aromatic carbocycles. The lowest BCUT2D eigenvalue weighted by Crippen LogP contribution is -2.52. The minimum absolute atomic E-state index is 0.193. The Hall–Kier alpha value is -2.58. The SMILES string of the molecule is COc1ccc(CNC(=O)C2Cc3ccccc3CN2S(C)(=O)=O)c(OC)c1. The van der Waals surface area contributed by atoms with E-state index in [1.807, 2.05) is 30.3 Å². The second-order valence-corrected chi connectivity index (χ2v) is 8.63. The number of nitrogens with one attached hydrogen (secondary N) is 1. The number of rotatable bonds is 6. The topological polar surface area (TPSA) is 84.9 Å². The smallest absolute Gasteiger partial charge is 0.239 e. The molecule has 0 saturated heterocycles. The van der Waals surface area contributed by atoms with Crippen molar-refractivity contribution in [3.8, 4) is 11.5 Å². The first kappa shape index (κ1) is 20.2. The van der Waals surface area contributed by atoms with Gasteiger partial charge >= 0.3 is 0 Å². The number of methoxy groups -OCH3 is 2. The van der Waals surface area contributed by atoms with Crippen LogP contribution < -0.4 is 14.8 Å². The Morgan fingerprint density at radius 1 is 1.14 bits per heavy atom. The highest BCUT2D eigenvalue weighted by Crippen LogP contribution is 2.27. The van der Waals surface area contributed by atoms with E-state index in [1.165, 1.54) is 4.31 Å². The van der Waals surface area contributed by atoms with E-state index in [2.05, 4.69) is 5.32 Å². The van der Waals surface area contributed by atoms with Gasteiger partial charge < -0.3 is 14.8 Å². The highest BCUT2D eigenvalue weighted by atomic mass is 32.2. The molecular weight excluding hydrogens is 380 g/mol. The predicted octanol–water partition coefficient (Wildman–Crippen LogP) is 1.71. The monoisotopic (exact) mass is 404 g/mol. The maximum absolute atomic E-state index is 12.9. The van der Waals surface area contributed by atoms with Gasteiger partial charge in [-0.05, 0) is 29.7 Å². The lowest BCUT2D eigenvalue weighted by atomic mass is 9.95. The van der Waals surface area contributed by atoms with Gasteiger partial charge in [-0.3, -0.25) is 4.79 Å². The minimum Gasteiger partial charge on any atom is -0.497 e. The summed E-state index contributed by atoms with van der Waals surface area (Å²) in [5, 5.41) is 2.85. The molecule has 1 atom stereocenters. The summed E-state index contributed by atoms with van der Waals surface area (Å²) < 4.78 is 36.3. The molecule has 28 heavy (non-hydrogen) atoms. The van der Waals surface area contributed by atoms with E-state index in [4.69, 9.17) is 9.47 Å². The number of sulfonamides is 1. The van der Waals surface area contributed by atoms with Crippen LogP contribution in [-0.4, -0.2) is 45.1 Å². The van der Waals surface area contributed by atoms with Crippen molar-refractivity contribution in [3.63, 3.8) is 0 Å². The molecule has 0 saturated carbocycles. The van der Waals surface area contributed by atoms with Crippen LogP contribution in [0.5, 0.6) is 11.5 Å². The summed E-state index contributed by atoms with van der Waals surface area (Å²) in [6.45, 7) is 0.417. The van der Waals surface area contributed by atoms with Gasteiger partial charge in [-0.1, -0.05) is 24.3 Å². The standard InChI is InChI=1S/C20H24N2O5S/c1-26-17-9-8-15(19(11-17)27-2)12-21-20(23)18-10-14-6-4-5-7-16(14)13-22(18)28(3,24)25/h4-9,11,18H,10,12-13H2,1-3H3,(H,21,23). The van der Waals surface area contributed by atoms with E-state index >= 15 is 0 Å². The average Bonchev–Trinajstić information content (AvgIpc) is 2.70. The van der Waals surface area contributed by atoms with Crippen molar-refractivity contribution in [1.82, 2.24) is 9.62 Å². The van der Waals surface area contributed by atoms with Gasteiger partial charge in [-0.25, -0.2) is 8.42 Å². The molecule has 3 rings (SSSR count). The number of hydrogen-bond acceptors (Lipinski definition) is 5. The second kappa shape index (κ2) is 8.20. The molecule has 1 aliphatic rings. The zero-order valence-electron chi connectivity index (χ0n) is 16.1. The van der Waals surface area contributed by atoms with Crippen LogP contribution in [-0.2, 0) is 34.3 Å². The van der Waals surface area contributed by atoms with Crippen molar-refractivity contribution in [2.24, 2.45) is 0 Å². The van der Waals surface area contributed by atoms with Crippen LogP contribution in [0.1, 0.15) is 16.7 Å². The molecule has 1 unspecified atom stereocenters. The van der Waals surface area contributed by atoms with Crippen molar-refractivity contribution in [1.29, 1.82) is 0 Å². The molecule has 0 aromatic heterocycles. The van der Waals surface area contributed by atoms with Crippen LogP contribution in [0.15, 0.2) is 42.5 Å². The first-order chi connectivity index (χ1) is 13.3. The van der Waals surface area contributed by atoms with Gasteiger partial charge in [-0.15, -0.1) is 0 Å². The van der Waals surface area contributed by atoms with Crippen LogP contribution in [0.3, 0.4) is 0 Å². The van der Waals surface area contributed by atoms with Crippen molar-refractivity contribution in [3.05, 3.63) is 59.2 Å². The highest BCUT2D eigenvalue weighted by molar-refractivity contribution is 7.88. The quantitative estimate of drug-likeness (QED) is 0.792. The Bertz CT molecular complexity index is 974. The summed E-state index contributed by atoms with van der Waals surface area (Å²) in [7, 11) is -0.425. The Kier molecular flexibility index (Phi) is 5.90. The number of benzene rings is 2. The lowest BCUT2D eigenvalue weighted by Gasteiger charge is -2.34. The van der Waals surface area contributed by atoms with Crippen LogP contribution in [0.25, 0.3) is 0 Å². The molecule has 2 aromatic rings. The summed E-state index contributed by atoms with van der Waals surface area (Å²) in [5.74, 6) is 0.908. The fraction of sp³-hybridized carbons (Fsp3) is 0.350. The van der Waals surface area contributed by atoms with E-state index < -0.39 is 16.1 Å². The third kappa shape index (κ3) is 4.28. The molecule has 0 fully saturated rings. The van der Waals surface area contributed by atoms with Gasteiger partial charge in [0, 0.05) is 24.7 Å². The van der Waals surface area contributed by atoms with Crippen molar-refractivity contribution >= 4 is 15.9 Å². The van der Waals surface area contributed by atoms with Gasteiger partial charge in [-0.2, -0.15) is 4.31 Å². The molecule has 0 bridgehead atoms. The largest absolute Gasteiger partial charge is 0.497 e. The molecular formula is C20H24N2O5S.